The Morgan fingerprint density at radius 2 is 1.75 bits per heavy atom. The number of unbranched alkanes of at least 4 members (excludes halogenated alkanes) is 4. The molecule has 0 heterocycles. The number of rotatable bonds is 7. The topological polar surface area (TPSA) is 74.6 Å². The molecular formula is C16H22O4. The third-order valence-electron chi connectivity index (χ3n) is 3.34. The Bertz CT molecular complexity index is 535. The normalized spacial score (nSPS) is 10.5. The van der Waals surface area contributed by atoms with Crippen LogP contribution in [0.1, 0.15) is 61.4 Å². The Morgan fingerprint density at radius 1 is 1.10 bits per heavy atom. The van der Waals surface area contributed by atoms with Gasteiger partial charge in [0.25, 0.3) is 0 Å². The van der Waals surface area contributed by atoms with Gasteiger partial charge in [0, 0.05) is 12.0 Å². The van der Waals surface area contributed by atoms with Gasteiger partial charge >= 0.3 is 0 Å². The Morgan fingerprint density at radius 3 is 2.40 bits per heavy atom. The van der Waals surface area contributed by atoms with Gasteiger partial charge in [0.05, 0.1) is 0 Å². The fourth-order valence-electron chi connectivity index (χ4n) is 2.11. The number of carbonyl (C=O) groups is 1. The van der Waals surface area contributed by atoms with Crippen molar-refractivity contribution >= 4 is 5.78 Å². The highest BCUT2D eigenvalue weighted by molar-refractivity contribution is 5.97. The molecule has 0 aliphatic rings. The number of hydrogen-bond acceptors (Lipinski definition) is 4. The highest BCUT2D eigenvalue weighted by Gasteiger charge is 2.12. The molecular weight excluding hydrogens is 256 g/mol. The fraction of sp³-hybridized carbons (Fsp3) is 0.500. The molecule has 1 aromatic carbocycles. The molecule has 0 spiro atoms. The van der Waals surface area contributed by atoms with Crippen molar-refractivity contribution in [2.24, 2.45) is 0 Å². The predicted molar refractivity (Wildman–Crippen MR) is 78.5 cm³/mol. The van der Waals surface area contributed by atoms with Crippen molar-refractivity contribution in [2.75, 3.05) is 0 Å². The summed E-state index contributed by atoms with van der Waals surface area (Å²) in [5, 5.41) is 18.9. The second-order valence-electron chi connectivity index (χ2n) is 5.07. The van der Waals surface area contributed by atoms with Gasteiger partial charge in [-0.25, -0.2) is 0 Å². The van der Waals surface area contributed by atoms with Crippen LogP contribution in [0, 0.1) is 6.92 Å². The Hall–Kier alpha value is -1.84. The number of Topliss-reactive ketones (excluding diaryl/α,β-unsaturated/α-hetero) is 1. The fourth-order valence-corrected chi connectivity index (χ4v) is 2.11. The van der Waals surface area contributed by atoms with Gasteiger partial charge in [0.15, 0.2) is 11.5 Å². The van der Waals surface area contributed by atoms with Crippen molar-refractivity contribution in [2.45, 2.75) is 52.4 Å². The summed E-state index contributed by atoms with van der Waals surface area (Å²) in [4.78, 5) is 23.6. The van der Waals surface area contributed by atoms with E-state index in [4.69, 9.17) is 0 Å². The number of ketones is 1. The summed E-state index contributed by atoms with van der Waals surface area (Å²) in [6, 6.07) is 2.36. The van der Waals surface area contributed by atoms with Crippen molar-refractivity contribution in [1.29, 1.82) is 0 Å². The van der Waals surface area contributed by atoms with Crippen LogP contribution >= 0.6 is 0 Å². The summed E-state index contributed by atoms with van der Waals surface area (Å²) in [5.41, 5.74) is 0.0987. The van der Waals surface area contributed by atoms with Crippen molar-refractivity contribution in [3.05, 3.63) is 33.5 Å². The van der Waals surface area contributed by atoms with Crippen LogP contribution < -0.4 is 5.43 Å². The molecule has 0 aliphatic heterocycles. The van der Waals surface area contributed by atoms with Crippen molar-refractivity contribution < 1.29 is 15.0 Å². The molecule has 0 radical (unpaired) electrons. The minimum atomic E-state index is -0.713. The number of aryl methyl sites for hydroxylation is 1. The van der Waals surface area contributed by atoms with Crippen molar-refractivity contribution in [3.63, 3.8) is 0 Å². The van der Waals surface area contributed by atoms with E-state index in [0.717, 1.165) is 25.7 Å². The van der Waals surface area contributed by atoms with Crippen molar-refractivity contribution in [1.82, 2.24) is 0 Å². The lowest BCUT2D eigenvalue weighted by molar-refractivity contribution is 0.0978. The summed E-state index contributed by atoms with van der Waals surface area (Å²) < 4.78 is 0. The molecule has 20 heavy (non-hydrogen) atoms. The molecule has 4 nitrogen and oxygen atoms in total. The summed E-state index contributed by atoms with van der Waals surface area (Å²) >= 11 is 0. The molecule has 0 fully saturated rings. The first-order chi connectivity index (χ1) is 9.47. The van der Waals surface area contributed by atoms with Crippen LogP contribution in [0.4, 0.5) is 0 Å². The van der Waals surface area contributed by atoms with E-state index in [1.165, 1.54) is 18.6 Å². The summed E-state index contributed by atoms with van der Waals surface area (Å²) in [5.74, 6) is -1.36. The molecule has 0 amide bonds. The van der Waals surface area contributed by atoms with E-state index < -0.39 is 16.9 Å². The third-order valence-corrected chi connectivity index (χ3v) is 3.34. The third kappa shape index (κ3) is 4.37. The average molecular weight is 278 g/mol. The molecule has 0 bridgehead atoms. The zero-order chi connectivity index (χ0) is 15.1. The second kappa shape index (κ2) is 7.68. The number of hydrogen-bond donors (Lipinski definition) is 2. The first kappa shape index (κ1) is 16.2. The molecule has 0 aliphatic carbocycles. The highest BCUT2D eigenvalue weighted by Crippen LogP contribution is 2.22. The average Bonchev–Trinajstić information content (AvgIpc) is 2.50. The summed E-state index contributed by atoms with van der Waals surface area (Å²) in [6.07, 6.45) is 5.63. The first-order valence-electron chi connectivity index (χ1n) is 7.07. The summed E-state index contributed by atoms with van der Waals surface area (Å²) in [6.45, 7) is 3.76. The van der Waals surface area contributed by atoms with E-state index in [9.17, 15) is 19.8 Å². The van der Waals surface area contributed by atoms with Crippen LogP contribution in [-0.4, -0.2) is 16.0 Å². The molecule has 2 N–H and O–H groups in total. The lowest BCUT2D eigenvalue weighted by Crippen LogP contribution is -2.01. The smallest absolute Gasteiger partial charge is 0.224 e. The maximum Gasteiger partial charge on any atom is 0.224 e. The Kier molecular flexibility index (Phi) is 6.22. The van der Waals surface area contributed by atoms with E-state index in [1.54, 1.807) is 6.92 Å². The molecule has 1 rings (SSSR count). The van der Waals surface area contributed by atoms with Crippen LogP contribution in [0.15, 0.2) is 16.9 Å². The van der Waals surface area contributed by atoms with Gasteiger partial charge in [-0.15, -0.1) is 0 Å². The molecule has 0 saturated heterocycles. The SMILES string of the molecule is CCCCCCCC(=O)c1cc(O)c(O)c(=O)cc1C. The molecule has 1 aromatic rings. The quantitative estimate of drug-likeness (QED) is 0.592. The van der Waals surface area contributed by atoms with Gasteiger partial charge in [-0.3, -0.25) is 9.59 Å². The lowest BCUT2D eigenvalue weighted by atomic mass is 10.0. The van der Waals surface area contributed by atoms with Gasteiger partial charge in [-0.1, -0.05) is 32.6 Å². The lowest BCUT2D eigenvalue weighted by Gasteiger charge is -2.02. The monoisotopic (exact) mass is 278 g/mol. The Balaban J connectivity index is 2.81. The van der Waals surface area contributed by atoms with Crippen LogP contribution in [0.2, 0.25) is 0 Å². The Labute approximate surface area is 119 Å². The van der Waals surface area contributed by atoms with E-state index in [-0.39, 0.29) is 5.78 Å². The van der Waals surface area contributed by atoms with Gasteiger partial charge in [0.2, 0.25) is 11.2 Å². The molecule has 0 aromatic heterocycles. The van der Waals surface area contributed by atoms with Gasteiger partial charge in [0.1, 0.15) is 0 Å². The number of aromatic hydroxyl groups is 2. The minimum Gasteiger partial charge on any atom is -0.504 e. The van der Waals surface area contributed by atoms with E-state index in [0.29, 0.717) is 17.5 Å². The van der Waals surface area contributed by atoms with Crippen LogP contribution in [0.25, 0.3) is 0 Å². The molecule has 4 heteroatoms. The van der Waals surface area contributed by atoms with Crippen LogP contribution in [-0.2, 0) is 0 Å². The maximum atomic E-state index is 12.1. The molecule has 0 atom stereocenters. The van der Waals surface area contributed by atoms with Gasteiger partial charge < -0.3 is 10.2 Å². The molecule has 110 valence electrons. The van der Waals surface area contributed by atoms with Gasteiger partial charge in [-0.2, -0.15) is 0 Å². The maximum absolute atomic E-state index is 12.1. The standard InChI is InChI=1S/C16H22O4/c1-3-4-5-6-7-8-13(17)12-10-15(19)16(20)14(18)9-11(12)2/h9-10H,3-8H2,1-2H3,(H2,18,19,20). The first-order valence-corrected chi connectivity index (χ1v) is 7.07. The zero-order valence-corrected chi connectivity index (χ0v) is 12.1. The largest absolute Gasteiger partial charge is 0.504 e. The van der Waals surface area contributed by atoms with Gasteiger partial charge in [-0.05, 0) is 31.0 Å². The minimum absolute atomic E-state index is 0.107. The van der Waals surface area contributed by atoms with E-state index in [2.05, 4.69) is 6.92 Å². The number of carbonyl (C=O) groups excluding carboxylic acids is 1. The summed E-state index contributed by atoms with van der Waals surface area (Å²) in [7, 11) is 0. The predicted octanol–water partition coefficient (Wildman–Crippen LogP) is 3.31. The molecule has 0 saturated carbocycles. The zero-order valence-electron chi connectivity index (χ0n) is 12.1. The van der Waals surface area contributed by atoms with E-state index >= 15 is 0 Å². The molecule has 0 unspecified atom stereocenters. The highest BCUT2D eigenvalue weighted by atomic mass is 16.3. The van der Waals surface area contributed by atoms with Crippen LogP contribution in [0.3, 0.4) is 0 Å². The van der Waals surface area contributed by atoms with Crippen LogP contribution in [0.5, 0.6) is 11.5 Å². The van der Waals surface area contributed by atoms with E-state index in [1.807, 2.05) is 0 Å². The second-order valence-corrected chi connectivity index (χ2v) is 5.07. The van der Waals surface area contributed by atoms with Crippen molar-refractivity contribution in [3.8, 4) is 11.5 Å².